The average molecular weight is 301 g/mol. The number of hydrogen-bond donors (Lipinski definition) is 1. The first-order chi connectivity index (χ1) is 9.93. The molecule has 2 rings (SSSR count). The van der Waals surface area contributed by atoms with Crippen molar-refractivity contribution in [1.82, 2.24) is 0 Å². The molecule has 2 N–H and O–H groups in total. The van der Waals surface area contributed by atoms with Crippen molar-refractivity contribution in [2.45, 2.75) is 44.8 Å². The SMILES string of the molecule is CCOc1ccc(C(N)C2CCCCC2C(F)(F)F)cc1. The van der Waals surface area contributed by atoms with Crippen LogP contribution in [0.25, 0.3) is 0 Å². The number of benzene rings is 1. The lowest BCUT2D eigenvalue weighted by Crippen LogP contribution is -2.38. The van der Waals surface area contributed by atoms with Gasteiger partial charge in [0.2, 0.25) is 0 Å². The second-order valence-electron chi connectivity index (χ2n) is 5.62. The third-order valence-electron chi connectivity index (χ3n) is 4.28. The summed E-state index contributed by atoms with van der Waals surface area (Å²) in [4.78, 5) is 0. The molecule has 3 atom stereocenters. The van der Waals surface area contributed by atoms with Gasteiger partial charge in [0.05, 0.1) is 12.5 Å². The predicted molar refractivity (Wildman–Crippen MR) is 76.0 cm³/mol. The Balaban J connectivity index is 2.14. The highest BCUT2D eigenvalue weighted by Gasteiger charge is 2.47. The summed E-state index contributed by atoms with van der Waals surface area (Å²) in [6.45, 7) is 2.44. The van der Waals surface area contributed by atoms with Crippen LogP contribution in [0.5, 0.6) is 5.75 Å². The van der Waals surface area contributed by atoms with Gasteiger partial charge >= 0.3 is 6.18 Å². The first-order valence-electron chi connectivity index (χ1n) is 7.48. The van der Waals surface area contributed by atoms with Gasteiger partial charge in [0.15, 0.2) is 0 Å². The van der Waals surface area contributed by atoms with E-state index in [-0.39, 0.29) is 6.42 Å². The topological polar surface area (TPSA) is 35.2 Å². The molecule has 1 aliphatic rings. The minimum atomic E-state index is -4.16. The van der Waals surface area contributed by atoms with Crippen LogP contribution in [0.2, 0.25) is 0 Å². The molecule has 0 saturated heterocycles. The lowest BCUT2D eigenvalue weighted by Gasteiger charge is -2.36. The third-order valence-corrected chi connectivity index (χ3v) is 4.28. The van der Waals surface area contributed by atoms with Crippen LogP contribution in [-0.2, 0) is 0 Å². The zero-order chi connectivity index (χ0) is 15.5. The van der Waals surface area contributed by atoms with Gasteiger partial charge < -0.3 is 10.5 Å². The van der Waals surface area contributed by atoms with Crippen molar-refractivity contribution in [3.05, 3.63) is 29.8 Å². The molecule has 2 nitrogen and oxygen atoms in total. The van der Waals surface area contributed by atoms with Gasteiger partial charge in [-0.05, 0) is 43.4 Å². The first-order valence-corrected chi connectivity index (χ1v) is 7.48. The Labute approximate surface area is 123 Å². The highest BCUT2D eigenvalue weighted by molar-refractivity contribution is 5.29. The molecule has 1 aromatic rings. The van der Waals surface area contributed by atoms with E-state index < -0.39 is 24.1 Å². The van der Waals surface area contributed by atoms with Crippen LogP contribution in [0, 0.1) is 11.8 Å². The van der Waals surface area contributed by atoms with Crippen LogP contribution in [-0.4, -0.2) is 12.8 Å². The highest BCUT2D eigenvalue weighted by Crippen LogP contribution is 2.45. The van der Waals surface area contributed by atoms with Gasteiger partial charge in [0.25, 0.3) is 0 Å². The van der Waals surface area contributed by atoms with Crippen LogP contribution >= 0.6 is 0 Å². The Morgan fingerprint density at radius 2 is 1.81 bits per heavy atom. The average Bonchev–Trinajstić information content (AvgIpc) is 2.47. The van der Waals surface area contributed by atoms with Crippen molar-refractivity contribution in [1.29, 1.82) is 0 Å². The highest BCUT2D eigenvalue weighted by atomic mass is 19.4. The Morgan fingerprint density at radius 3 is 2.38 bits per heavy atom. The zero-order valence-electron chi connectivity index (χ0n) is 12.2. The van der Waals surface area contributed by atoms with E-state index in [4.69, 9.17) is 10.5 Å². The van der Waals surface area contributed by atoms with E-state index in [1.54, 1.807) is 24.3 Å². The fourth-order valence-electron chi connectivity index (χ4n) is 3.20. The number of halogens is 3. The van der Waals surface area contributed by atoms with E-state index in [0.29, 0.717) is 25.2 Å². The monoisotopic (exact) mass is 301 g/mol. The second-order valence-corrected chi connectivity index (χ2v) is 5.62. The summed E-state index contributed by atoms with van der Waals surface area (Å²) < 4.78 is 44.8. The molecule has 0 spiro atoms. The summed E-state index contributed by atoms with van der Waals surface area (Å²) in [5.74, 6) is -1.10. The van der Waals surface area contributed by atoms with Crippen molar-refractivity contribution in [3.8, 4) is 5.75 Å². The van der Waals surface area contributed by atoms with Gasteiger partial charge in [-0.1, -0.05) is 25.0 Å². The minimum absolute atomic E-state index is 0.193. The molecule has 5 heteroatoms. The number of alkyl halides is 3. The number of nitrogens with two attached hydrogens (primary N) is 1. The summed E-state index contributed by atoms with van der Waals surface area (Å²) in [5.41, 5.74) is 6.89. The molecule has 118 valence electrons. The summed E-state index contributed by atoms with van der Waals surface area (Å²) in [5, 5.41) is 0. The summed E-state index contributed by atoms with van der Waals surface area (Å²) in [6, 6.07) is 6.51. The standard InChI is InChI=1S/C16H22F3NO/c1-2-21-12-9-7-11(8-10-12)15(20)13-5-3-4-6-14(13)16(17,18)19/h7-10,13-15H,2-6,20H2,1H3. The molecule has 3 unspecified atom stereocenters. The quantitative estimate of drug-likeness (QED) is 0.891. The molecular weight excluding hydrogens is 279 g/mol. The molecule has 0 bridgehead atoms. The summed E-state index contributed by atoms with van der Waals surface area (Å²) in [7, 11) is 0. The fourth-order valence-corrected chi connectivity index (χ4v) is 3.20. The van der Waals surface area contributed by atoms with Crippen LogP contribution in [0.4, 0.5) is 13.2 Å². The van der Waals surface area contributed by atoms with E-state index in [0.717, 1.165) is 12.0 Å². The van der Waals surface area contributed by atoms with Crippen LogP contribution in [0.3, 0.4) is 0 Å². The largest absolute Gasteiger partial charge is 0.494 e. The molecule has 0 aromatic heterocycles. The van der Waals surface area contributed by atoms with Crippen LogP contribution in [0.15, 0.2) is 24.3 Å². The molecule has 0 amide bonds. The number of rotatable bonds is 4. The molecule has 0 aliphatic heterocycles. The molecular formula is C16H22F3NO. The lowest BCUT2D eigenvalue weighted by atomic mass is 9.73. The van der Waals surface area contributed by atoms with Crippen molar-refractivity contribution < 1.29 is 17.9 Å². The number of hydrogen-bond acceptors (Lipinski definition) is 2. The molecule has 1 aliphatic carbocycles. The number of ether oxygens (including phenoxy) is 1. The van der Waals surface area contributed by atoms with E-state index in [9.17, 15) is 13.2 Å². The van der Waals surface area contributed by atoms with E-state index in [1.807, 2.05) is 6.92 Å². The second kappa shape index (κ2) is 6.69. The lowest BCUT2D eigenvalue weighted by molar-refractivity contribution is -0.198. The van der Waals surface area contributed by atoms with E-state index in [1.165, 1.54) is 0 Å². The maximum atomic E-state index is 13.2. The van der Waals surface area contributed by atoms with Crippen molar-refractivity contribution in [2.24, 2.45) is 17.6 Å². The van der Waals surface area contributed by atoms with Crippen molar-refractivity contribution >= 4 is 0 Å². The van der Waals surface area contributed by atoms with Gasteiger partial charge in [0, 0.05) is 6.04 Å². The van der Waals surface area contributed by atoms with Crippen LogP contribution < -0.4 is 10.5 Å². The Kier molecular flexibility index (Phi) is 5.14. The molecule has 1 saturated carbocycles. The van der Waals surface area contributed by atoms with Gasteiger partial charge in [-0.3, -0.25) is 0 Å². The van der Waals surface area contributed by atoms with Gasteiger partial charge in [-0.25, -0.2) is 0 Å². The molecule has 21 heavy (non-hydrogen) atoms. The summed E-state index contributed by atoms with van der Waals surface area (Å²) >= 11 is 0. The maximum Gasteiger partial charge on any atom is 0.392 e. The van der Waals surface area contributed by atoms with Crippen molar-refractivity contribution in [3.63, 3.8) is 0 Å². The Morgan fingerprint density at radius 1 is 1.19 bits per heavy atom. The summed E-state index contributed by atoms with van der Waals surface area (Å²) in [6.07, 6.45) is -1.97. The van der Waals surface area contributed by atoms with Crippen LogP contribution in [0.1, 0.15) is 44.2 Å². The minimum Gasteiger partial charge on any atom is -0.494 e. The van der Waals surface area contributed by atoms with Gasteiger partial charge in [-0.15, -0.1) is 0 Å². The van der Waals surface area contributed by atoms with E-state index in [2.05, 4.69) is 0 Å². The first kappa shape index (κ1) is 16.1. The third kappa shape index (κ3) is 3.90. The van der Waals surface area contributed by atoms with Gasteiger partial charge in [0.1, 0.15) is 5.75 Å². The smallest absolute Gasteiger partial charge is 0.392 e. The van der Waals surface area contributed by atoms with Gasteiger partial charge in [-0.2, -0.15) is 13.2 Å². The molecule has 1 fully saturated rings. The molecule has 1 aromatic carbocycles. The zero-order valence-corrected chi connectivity index (χ0v) is 12.2. The maximum absolute atomic E-state index is 13.2. The molecule has 0 radical (unpaired) electrons. The van der Waals surface area contributed by atoms with E-state index >= 15 is 0 Å². The fraction of sp³-hybridized carbons (Fsp3) is 0.625. The Hall–Kier alpha value is -1.23. The Bertz CT molecular complexity index is 444. The molecule has 0 heterocycles. The van der Waals surface area contributed by atoms with Crippen molar-refractivity contribution in [2.75, 3.05) is 6.61 Å². The predicted octanol–water partition coefficient (Wildman–Crippen LogP) is 4.45. The normalized spacial score (nSPS) is 24.6.